The van der Waals surface area contributed by atoms with Crippen LogP contribution in [0.5, 0.6) is 0 Å². The van der Waals surface area contributed by atoms with Gasteiger partial charge >= 0.3 is 0 Å². The first-order valence-corrected chi connectivity index (χ1v) is 7.93. The standard InChI is InChI=1S/C17H18N6O/c1-11-12(2)22(8-5-9-24)16-14(11)17-20-15(21-23(17)10-19-16)13-6-3-4-7-18-13/h3-4,6-7,10,24H,5,8-9H2,1-2H3. The Morgan fingerprint density at radius 1 is 1.12 bits per heavy atom. The summed E-state index contributed by atoms with van der Waals surface area (Å²) in [6.45, 7) is 5.04. The maximum absolute atomic E-state index is 9.13. The fourth-order valence-corrected chi connectivity index (χ4v) is 3.04. The van der Waals surface area contributed by atoms with Gasteiger partial charge in [-0.1, -0.05) is 6.07 Å². The SMILES string of the molecule is Cc1c(C)n(CCCO)c2ncn3nc(-c4ccccn4)nc3c12. The van der Waals surface area contributed by atoms with Crippen molar-refractivity contribution in [3.05, 3.63) is 42.0 Å². The Morgan fingerprint density at radius 2 is 2.00 bits per heavy atom. The van der Waals surface area contributed by atoms with E-state index < -0.39 is 0 Å². The van der Waals surface area contributed by atoms with E-state index in [4.69, 9.17) is 10.1 Å². The number of nitrogens with zero attached hydrogens (tertiary/aromatic N) is 6. The molecule has 0 spiro atoms. The summed E-state index contributed by atoms with van der Waals surface area (Å²) in [6, 6.07) is 5.68. The van der Waals surface area contributed by atoms with Gasteiger partial charge in [0.05, 0.1) is 5.39 Å². The first-order valence-electron chi connectivity index (χ1n) is 7.93. The molecular formula is C17H18N6O. The van der Waals surface area contributed by atoms with E-state index in [1.54, 1.807) is 17.0 Å². The zero-order valence-corrected chi connectivity index (χ0v) is 13.6. The van der Waals surface area contributed by atoms with Crippen LogP contribution in [0.1, 0.15) is 17.7 Å². The van der Waals surface area contributed by atoms with E-state index in [1.807, 2.05) is 18.2 Å². The molecule has 24 heavy (non-hydrogen) atoms. The number of hydrogen-bond acceptors (Lipinski definition) is 5. The lowest BCUT2D eigenvalue weighted by molar-refractivity contribution is 0.280. The minimum atomic E-state index is 0.162. The number of fused-ring (bicyclic) bond motifs is 3. The van der Waals surface area contributed by atoms with Crippen molar-refractivity contribution in [2.24, 2.45) is 0 Å². The predicted molar refractivity (Wildman–Crippen MR) is 90.7 cm³/mol. The van der Waals surface area contributed by atoms with Crippen molar-refractivity contribution in [3.8, 4) is 11.5 Å². The molecule has 4 rings (SSSR count). The Bertz CT molecular complexity index is 1020. The summed E-state index contributed by atoms with van der Waals surface area (Å²) in [6.07, 6.45) is 4.11. The van der Waals surface area contributed by atoms with Crippen molar-refractivity contribution in [1.29, 1.82) is 0 Å². The molecule has 4 aromatic heterocycles. The lowest BCUT2D eigenvalue weighted by atomic mass is 10.2. The molecule has 0 aromatic carbocycles. The summed E-state index contributed by atoms with van der Waals surface area (Å²) in [5.41, 5.74) is 4.68. The van der Waals surface area contributed by atoms with E-state index in [1.165, 1.54) is 0 Å². The monoisotopic (exact) mass is 322 g/mol. The molecule has 122 valence electrons. The first-order chi connectivity index (χ1) is 11.7. The van der Waals surface area contributed by atoms with E-state index in [-0.39, 0.29) is 6.61 Å². The van der Waals surface area contributed by atoms with Crippen LogP contribution < -0.4 is 0 Å². The van der Waals surface area contributed by atoms with Crippen LogP contribution >= 0.6 is 0 Å². The second kappa shape index (κ2) is 5.68. The molecule has 7 heteroatoms. The van der Waals surface area contributed by atoms with Gasteiger partial charge in [0, 0.05) is 25.0 Å². The Morgan fingerprint density at radius 3 is 2.75 bits per heavy atom. The molecule has 0 aliphatic rings. The normalized spacial score (nSPS) is 11.6. The summed E-state index contributed by atoms with van der Waals surface area (Å²) in [5, 5.41) is 14.6. The number of aliphatic hydroxyl groups is 1. The summed E-state index contributed by atoms with van der Waals surface area (Å²) in [5.74, 6) is 0.588. The largest absolute Gasteiger partial charge is 0.396 e. The first kappa shape index (κ1) is 14.8. The third kappa shape index (κ3) is 2.16. The lowest BCUT2D eigenvalue weighted by Crippen LogP contribution is -2.03. The molecule has 0 fully saturated rings. The van der Waals surface area contributed by atoms with Crippen LogP contribution in [0.3, 0.4) is 0 Å². The summed E-state index contributed by atoms with van der Waals surface area (Å²) >= 11 is 0. The third-order valence-electron chi connectivity index (χ3n) is 4.38. The number of aryl methyl sites for hydroxylation is 2. The van der Waals surface area contributed by atoms with Crippen molar-refractivity contribution < 1.29 is 5.11 Å². The van der Waals surface area contributed by atoms with Crippen molar-refractivity contribution in [2.45, 2.75) is 26.8 Å². The smallest absolute Gasteiger partial charge is 0.200 e. The molecule has 0 radical (unpaired) electrons. The van der Waals surface area contributed by atoms with Gasteiger partial charge in [-0.25, -0.2) is 14.5 Å². The van der Waals surface area contributed by atoms with Gasteiger partial charge in [-0.15, -0.1) is 5.10 Å². The Labute approximate surface area is 138 Å². The van der Waals surface area contributed by atoms with Crippen molar-refractivity contribution in [1.82, 2.24) is 29.1 Å². The topological polar surface area (TPSA) is 81.1 Å². The minimum Gasteiger partial charge on any atom is -0.396 e. The zero-order chi connectivity index (χ0) is 16.7. The Balaban J connectivity index is 1.96. The Kier molecular flexibility index (Phi) is 3.50. The van der Waals surface area contributed by atoms with Gasteiger partial charge in [-0.2, -0.15) is 0 Å². The maximum Gasteiger partial charge on any atom is 0.200 e. The zero-order valence-electron chi connectivity index (χ0n) is 13.6. The van der Waals surface area contributed by atoms with Crippen LogP contribution in [0, 0.1) is 13.8 Å². The fraction of sp³-hybridized carbons (Fsp3) is 0.294. The van der Waals surface area contributed by atoms with Crippen LogP contribution in [0.25, 0.3) is 28.2 Å². The number of aliphatic hydroxyl groups excluding tert-OH is 1. The molecule has 7 nitrogen and oxygen atoms in total. The van der Waals surface area contributed by atoms with Gasteiger partial charge < -0.3 is 9.67 Å². The summed E-state index contributed by atoms with van der Waals surface area (Å²) in [4.78, 5) is 13.6. The number of hydrogen-bond donors (Lipinski definition) is 1. The van der Waals surface area contributed by atoms with Crippen molar-refractivity contribution in [2.75, 3.05) is 6.61 Å². The molecule has 0 bridgehead atoms. The minimum absolute atomic E-state index is 0.162. The molecular weight excluding hydrogens is 304 g/mol. The molecule has 0 saturated carbocycles. The van der Waals surface area contributed by atoms with Gasteiger partial charge in [0.2, 0.25) is 5.82 Å². The van der Waals surface area contributed by atoms with Crippen LogP contribution in [0.2, 0.25) is 0 Å². The summed E-state index contributed by atoms with van der Waals surface area (Å²) < 4.78 is 3.84. The van der Waals surface area contributed by atoms with Crippen LogP contribution in [0.4, 0.5) is 0 Å². The van der Waals surface area contributed by atoms with E-state index >= 15 is 0 Å². The number of pyridine rings is 1. The van der Waals surface area contributed by atoms with E-state index in [0.717, 1.165) is 40.2 Å². The second-order valence-corrected chi connectivity index (χ2v) is 5.80. The van der Waals surface area contributed by atoms with Crippen LogP contribution in [-0.4, -0.2) is 40.8 Å². The molecule has 0 aliphatic heterocycles. The van der Waals surface area contributed by atoms with Gasteiger partial charge in [0.25, 0.3) is 0 Å². The number of rotatable bonds is 4. The van der Waals surface area contributed by atoms with E-state index in [9.17, 15) is 0 Å². The molecule has 0 amide bonds. The highest BCUT2D eigenvalue weighted by molar-refractivity contribution is 5.94. The molecule has 0 aliphatic carbocycles. The average Bonchev–Trinajstić information content (AvgIpc) is 3.14. The average molecular weight is 322 g/mol. The highest BCUT2D eigenvalue weighted by Gasteiger charge is 2.18. The molecule has 1 N–H and O–H groups in total. The highest BCUT2D eigenvalue weighted by Crippen LogP contribution is 2.27. The second-order valence-electron chi connectivity index (χ2n) is 5.80. The quantitative estimate of drug-likeness (QED) is 0.622. The molecule has 0 saturated heterocycles. The number of aromatic nitrogens is 6. The van der Waals surface area contributed by atoms with Crippen LogP contribution in [-0.2, 0) is 6.54 Å². The lowest BCUT2D eigenvalue weighted by Gasteiger charge is -2.05. The van der Waals surface area contributed by atoms with Crippen LogP contribution in [0.15, 0.2) is 30.7 Å². The molecule has 0 atom stereocenters. The van der Waals surface area contributed by atoms with Crippen molar-refractivity contribution >= 4 is 16.7 Å². The van der Waals surface area contributed by atoms with E-state index in [0.29, 0.717) is 12.2 Å². The predicted octanol–water partition coefficient (Wildman–Crippen LogP) is 2.14. The van der Waals surface area contributed by atoms with Gasteiger partial charge in [0.15, 0.2) is 5.65 Å². The van der Waals surface area contributed by atoms with Gasteiger partial charge in [-0.05, 0) is 38.0 Å². The maximum atomic E-state index is 9.13. The van der Waals surface area contributed by atoms with Gasteiger partial charge in [-0.3, -0.25) is 4.98 Å². The third-order valence-corrected chi connectivity index (χ3v) is 4.38. The summed E-state index contributed by atoms with van der Waals surface area (Å²) in [7, 11) is 0. The Hall–Kier alpha value is -2.80. The van der Waals surface area contributed by atoms with Gasteiger partial charge in [0.1, 0.15) is 17.7 Å². The fourth-order valence-electron chi connectivity index (χ4n) is 3.04. The highest BCUT2D eigenvalue weighted by atomic mass is 16.3. The van der Waals surface area contributed by atoms with Crippen molar-refractivity contribution in [3.63, 3.8) is 0 Å². The molecule has 4 heterocycles. The van der Waals surface area contributed by atoms with E-state index in [2.05, 4.69) is 33.5 Å². The molecule has 4 aromatic rings. The molecule has 0 unspecified atom stereocenters.